The summed E-state index contributed by atoms with van der Waals surface area (Å²) in [5.41, 5.74) is 1.03. The third kappa shape index (κ3) is 3.56. The average molecular weight is 175 g/mol. The van der Waals surface area contributed by atoms with E-state index in [-0.39, 0.29) is 5.91 Å². The lowest BCUT2D eigenvalue weighted by atomic mass is 10.1. The van der Waals surface area contributed by atoms with Crippen LogP contribution < -0.4 is 5.32 Å². The van der Waals surface area contributed by atoms with Crippen LogP contribution in [-0.4, -0.2) is 5.91 Å². The second-order valence-corrected chi connectivity index (χ2v) is 2.73. The fraction of sp³-hybridized carbons (Fsp3) is 0.182. The highest BCUT2D eigenvalue weighted by Crippen LogP contribution is 1.98. The molecular weight excluding hydrogens is 162 g/mol. The number of allylic oxidation sites excluding steroid dienone is 1. The first kappa shape index (κ1) is 9.52. The Morgan fingerprint density at radius 3 is 2.69 bits per heavy atom. The Morgan fingerprint density at radius 2 is 2.08 bits per heavy atom. The summed E-state index contributed by atoms with van der Waals surface area (Å²) in [6.45, 7) is 1.86. The third-order valence-corrected chi connectivity index (χ3v) is 1.62. The van der Waals surface area contributed by atoms with Gasteiger partial charge in [0.2, 0.25) is 5.91 Å². The average Bonchev–Trinajstić information content (AvgIpc) is 2.16. The molecule has 2 heteroatoms. The summed E-state index contributed by atoms with van der Waals surface area (Å²) in [7, 11) is 0. The van der Waals surface area contributed by atoms with Crippen LogP contribution in [0.15, 0.2) is 42.6 Å². The van der Waals surface area contributed by atoms with Crippen LogP contribution in [0.2, 0.25) is 0 Å². The number of hydrogen-bond acceptors (Lipinski definition) is 1. The highest BCUT2D eigenvalue weighted by atomic mass is 16.1. The minimum atomic E-state index is 0.0179. The van der Waals surface area contributed by atoms with Crippen LogP contribution in [0.5, 0.6) is 0 Å². The molecule has 0 saturated carbocycles. The maximum atomic E-state index is 11.2. The van der Waals surface area contributed by atoms with Crippen molar-refractivity contribution < 1.29 is 4.79 Å². The quantitative estimate of drug-likeness (QED) is 0.746. The van der Waals surface area contributed by atoms with Crippen molar-refractivity contribution in [2.24, 2.45) is 0 Å². The Hall–Kier alpha value is -1.57. The number of benzene rings is 1. The van der Waals surface area contributed by atoms with Crippen molar-refractivity contribution in [1.82, 2.24) is 5.32 Å². The summed E-state index contributed by atoms with van der Waals surface area (Å²) >= 11 is 0. The summed E-state index contributed by atoms with van der Waals surface area (Å²) in [6, 6.07) is 9.67. The van der Waals surface area contributed by atoms with E-state index < -0.39 is 0 Å². The molecule has 0 spiro atoms. The number of carbonyl (C=O) groups excluding carboxylic acids is 1. The molecule has 1 amide bonds. The molecular formula is C11H13NO. The van der Waals surface area contributed by atoms with Crippen LogP contribution in [0.4, 0.5) is 0 Å². The maximum Gasteiger partial charge on any atom is 0.228 e. The van der Waals surface area contributed by atoms with Gasteiger partial charge in [-0.15, -0.1) is 0 Å². The first-order chi connectivity index (χ1) is 6.33. The fourth-order valence-corrected chi connectivity index (χ4v) is 1.01. The number of nitrogens with one attached hydrogen (secondary N) is 1. The van der Waals surface area contributed by atoms with E-state index in [0.717, 1.165) is 5.56 Å². The topological polar surface area (TPSA) is 29.1 Å². The van der Waals surface area contributed by atoms with Gasteiger partial charge in [0.05, 0.1) is 6.42 Å². The Morgan fingerprint density at radius 1 is 1.38 bits per heavy atom. The van der Waals surface area contributed by atoms with Crippen LogP contribution in [0.25, 0.3) is 0 Å². The summed E-state index contributed by atoms with van der Waals surface area (Å²) in [5, 5.41) is 2.66. The first-order valence-corrected chi connectivity index (χ1v) is 4.27. The summed E-state index contributed by atoms with van der Waals surface area (Å²) in [6.07, 6.45) is 3.87. The standard InChI is InChI=1S/C11H13NO/c1-2-8-12-11(13)9-10-6-4-3-5-7-10/h2-8H,9H2,1H3,(H,12,13)/b8-2-. The Labute approximate surface area is 78.3 Å². The van der Waals surface area contributed by atoms with Gasteiger partial charge in [-0.1, -0.05) is 36.4 Å². The largest absolute Gasteiger partial charge is 0.333 e. The van der Waals surface area contributed by atoms with E-state index in [1.54, 1.807) is 12.3 Å². The van der Waals surface area contributed by atoms with Gasteiger partial charge >= 0.3 is 0 Å². The van der Waals surface area contributed by atoms with Gasteiger partial charge < -0.3 is 5.32 Å². The van der Waals surface area contributed by atoms with E-state index in [2.05, 4.69) is 5.32 Å². The molecule has 0 saturated heterocycles. The zero-order valence-corrected chi connectivity index (χ0v) is 7.66. The van der Waals surface area contributed by atoms with Gasteiger partial charge in [-0.25, -0.2) is 0 Å². The van der Waals surface area contributed by atoms with E-state index in [9.17, 15) is 4.79 Å². The molecule has 2 nitrogen and oxygen atoms in total. The van der Waals surface area contributed by atoms with Crippen LogP contribution in [0, 0.1) is 0 Å². The third-order valence-electron chi connectivity index (χ3n) is 1.62. The molecule has 0 atom stereocenters. The van der Waals surface area contributed by atoms with Crippen LogP contribution >= 0.6 is 0 Å². The van der Waals surface area contributed by atoms with Crippen molar-refractivity contribution in [1.29, 1.82) is 0 Å². The summed E-state index contributed by atoms with van der Waals surface area (Å²) in [5.74, 6) is 0.0179. The molecule has 0 radical (unpaired) electrons. The van der Waals surface area contributed by atoms with Gasteiger partial charge in [-0.2, -0.15) is 0 Å². The molecule has 0 bridgehead atoms. The molecule has 0 heterocycles. The van der Waals surface area contributed by atoms with Gasteiger partial charge in [0.25, 0.3) is 0 Å². The molecule has 0 aliphatic rings. The monoisotopic (exact) mass is 175 g/mol. The molecule has 0 unspecified atom stereocenters. The predicted octanol–water partition coefficient (Wildman–Crippen LogP) is 1.88. The normalized spacial score (nSPS) is 10.2. The molecule has 0 fully saturated rings. The zero-order chi connectivity index (χ0) is 9.52. The van der Waals surface area contributed by atoms with E-state index in [0.29, 0.717) is 6.42 Å². The second-order valence-electron chi connectivity index (χ2n) is 2.73. The Kier molecular flexibility index (Phi) is 3.76. The van der Waals surface area contributed by atoms with Crippen molar-refractivity contribution in [3.8, 4) is 0 Å². The molecule has 1 aromatic carbocycles. The van der Waals surface area contributed by atoms with Crippen LogP contribution in [0.3, 0.4) is 0 Å². The van der Waals surface area contributed by atoms with E-state index in [4.69, 9.17) is 0 Å². The highest BCUT2D eigenvalue weighted by molar-refractivity contribution is 5.79. The maximum absolute atomic E-state index is 11.2. The summed E-state index contributed by atoms with van der Waals surface area (Å²) < 4.78 is 0. The second kappa shape index (κ2) is 5.14. The van der Waals surface area contributed by atoms with Gasteiger partial charge in [0.1, 0.15) is 0 Å². The van der Waals surface area contributed by atoms with Crippen LogP contribution in [0.1, 0.15) is 12.5 Å². The number of amides is 1. The molecule has 13 heavy (non-hydrogen) atoms. The predicted molar refractivity (Wildman–Crippen MR) is 53.1 cm³/mol. The zero-order valence-electron chi connectivity index (χ0n) is 7.66. The minimum Gasteiger partial charge on any atom is -0.333 e. The lowest BCUT2D eigenvalue weighted by Gasteiger charge is -1.99. The summed E-state index contributed by atoms with van der Waals surface area (Å²) in [4.78, 5) is 11.2. The van der Waals surface area contributed by atoms with E-state index in [1.807, 2.05) is 37.3 Å². The van der Waals surface area contributed by atoms with Crippen LogP contribution in [-0.2, 0) is 11.2 Å². The molecule has 68 valence electrons. The molecule has 0 aromatic heterocycles. The molecule has 1 aromatic rings. The molecule has 1 N–H and O–H groups in total. The van der Waals surface area contributed by atoms with Crippen molar-refractivity contribution in [2.75, 3.05) is 0 Å². The Balaban J connectivity index is 2.46. The smallest absolute Gasteiger partial charge is 0.228 e. The molecule has 1 rings (SSSR count). The van der Waals surface area contributed by atoms with E-state index >= 15 is 0 Å². The van der Waals surface area contributed by atoms with Gasteiger partial charge in [0, 0.05) is 0 Å². The number of rotatable bonds is 3. The SMILES string of the molecule is C/C=C\NC(=O)Cc1ccccc1. The number of carbonyl (C=O) groups is 1. The Bertz CT molecular complexity index is 290. The van der Waals surface area contributed by atoms with Gasteiger partial charge in [0.15, 0.2) is 0 Å². The minimum absolute atomic E-state index is 0.0179. The lowest BCUT2D eigenvalue weighted by molar-refractivity contribution is -0.119. The van der Waals surface area contributed by atoms with Gasteiger partial charge in [-0.05, 0) is 18.7 Å². The van der Waals surface area contributed by atoms with E-state index in [1.165, 1.54) is 0 Å². The fourth-order valence-electron chi connectivity index (χ4n) is 1.01. The van der Waals surface area contributed by atoms with Crippen molar-refractivity contribution >= 4 is 5.91 Å². The van der Waals surface area contributed by atoms with Gasteiger partial charge in [-0.3, -0.25) is 4.79 Å². The number of hydrogen-bond donors (Lipinski definition) is 1. The molecule has 0 aliphatic heterocycles. The van der Waals surface area contributed by atoms with Crippen molar-refractivity contribution in [3.63, 3.8) is 0 Å². The molecule has 0 aliphatic carbocycles. The van der Waals surface area contributed by atoms with Crippen molar-refractivity contribution in [3.05, 3.63) is 48.2 Å². The lowest BCUT2D eigenvalue weighted by Crippen LogP contribution is -2.18. The highest BCUT2D eigenvalue weighted by Gasteiger charge is 1.98. The van der Waals surface area contributed by atoms with Crippen molar-refractivity contribution in [2.45, 2.75) is 13.3 Å². The first-order valence-electron chi connectivity index (χ1n) is 4.27.